The van der Waals surface area contributed by atoms with E-state index in [1.54, 1.807) is 19.5 Å². The van der Waals surface area contributed by atoms with Crippen molar-refractivity contribution >= 4 is 0 Å². The van der Waals surface area contributed by atoms with Gasteiger partial charge in [-0.2, -0.15) is 0 Å². The Morgan fingerprint density at radius 3 is 2.72 bits per heavy atom. The number of aromatic nitrogens is 1. The summed E-state index contributed by atoms with van der Waals surface area (Å²) in [5.74, 6) is 1.53. The summed E-state index contributed by atoms with van der Waals surface area (Å²) in [6.07, 6.45) is 6.13. The quantitative estimate of drug-likeness (QED) is 0.800. The highest BCUT2D eigenvalue weighted by Gasteiger charge is 2.19. The first-order valence-electron chi connectivity index (χ1n) is 8.86. The molecule has 0 spiro atoms. The van der Waals surface area contributed by atoms with Crippen LogP contribution in [0.4, 0.5) is 0 Å². The molecule has 0 unspecified atom stereocenters. The Bertz CT molecular complexity index is 663. The Balaban J connectivity index is 1.53. The van der Waals surface area contributed by atoms with Gasteiger partial charge in [0.25, 0.3) is 0 Å². The van der Waals surface area contributed by atoms with Crippen LogP contribution in [-0.2, 0) is 13.2 Å². The molecule has 1 N–H and O–H groups in total. The number of likely N-dealkylation sites (N-methyl/N-ethyl adjacent to an activating group) is 1. The number of methoxy groups -OCH3 is 1. The molecule has 2 heterocycles. The first-order valence-corrected chi connectivity index (χ1v) is 8.86. The lowest BCUT2D eigenvalue weighted by molar-refractivity contribution is 0.284. The van der Waals surface area contributed by atoms with Gasteiger partial charge in [0.15, 0.2) is 11.5 Å². The third-order valence-corrected chi connectivity index (χ3v) is 4.75. The molecule has 5 nitrogen and oxygen atoms in total. The van der Waals surface area contributed by atoms with E-state index in [4.69, 9.17) is 9.47 Å². The fourth-order valence-corrected chi connectivity index (χ4v) is 3.20. The highest BCUT2D eigenvalue weighted by molar-refractivity contribution is 5.43. The standard InChI is InChI=1S/C20H27N3O2/c1-23-11-3-4-18(23)14-22-13-17-5-6-19(20(12-17)24-2)25-15-16-7-9-21-10-8-16/h5-10,12,18,22H,3-4,11,13-15H2,1-2H3/t18-/m1/s1. The van der Waals surface area contributed by atoms with Gasteiger partial charge in [0.2, 0.25) is 0 Å². The number of pyridine rings is 1. The molecule has 0 saturated carbocycles. The Kier molecular flexibility index (Phi) is 6.25. The first-order chi connectivity index (χ1) is 12.3. The lowest BCUT2D eigenvalue weighted by atomic mass is 10.2. The average Bonchev–Trinajstić information content (AvgIpc) is 3.06. The minimum absolute atomic E-state index is 0.504. The number of nitrogens with one attached hydrogen (secondary N) is 1. The van der Waals surface area contributed by atoms with E-state index in [0.29, 0.717) is 12.6 Å². The monoisotopic (exact) mass is 341 g/mol. The van der Waals surface area contributed by atoms with Crippen molar-refractivity contribution in [1.82, 2.24) is 15.2 Å². The molecule has 5 heteroatoms. The number of rotatable bonds is 8. The molecule has 1 saturated heterocycles. The molecule has 2 aromatic rings. The zero-order valence-corrected chi connectivity index (χ0v) is 15.1. The first kappa shape index (κ1) is 17.7. The van der Waals surface area contributed by atoms with Gasteiger partial charge >= 0.3 is 0 Å². The second-order valence-corrected chi connectivity index (χ2v) is 6.54. The van der Waals surface area contributed by atoms with Gasteiger partial charge in [0.05, 0.1) is 7.11 Å². The van der Waals surface area contributed by atoms with E-state index >= 15 is 0 Å². The summed E-state index contributed by atoms with van der Waals surface area (Å²) in [5, 5.41) is 3.56. The van der Waals surface area contributed by atoms with Crippen molar-refractivity contribution in [2.75, 3.05) is 27.2 Å². The Morgan fingerprint density at radius 1 is 1.16 bits per heavy atom. The summed E-state index contributed by atoms with van der Waals surface area (Å²) in [6.45, 7) is 3.58. The zero-order chi connectivity index (χ0) is 17.5. The largest absolute Gasteiger partial charge is 0.493 e. The molecule has 134 valence electrons. The molecule has 0 radical (unpaired) electrons. The van der Waals surface area contributed by atoms with Gasteiger partial charge in [-0.05, 0) is 61.8 Å². The van der Waals surface area contributed by atoms with Gasteiger partial charge in [-0.1, -0.05) is 6.07 Å². The summed E-state index contributed by atoms with van der Waals surface area (Å²) in [7, 11) is 3.89. The van der Waals surface area contributed by atoms with Crippen LogP contribution in [0.5, 0.6) is 11.5 Å². The van der Waals surface area contributed by atoms with E-state index in [1.807, 2.05) is 24.3 Å². The molecular weight excluding hydrogens is 314 g/mol. The Morgan fingerprint density at radius 2 is 2.00 bits per heavy atom. The molecule has 0 bridgehead atoms. The second-order valence-electron chi connectivity index (χ2n) is 6.54. The number of nitrogens with zero attached hydrogens (tertiary/aromatic N) is 2. The molecule has 3 rings (SSSR count). The number of hydrogen-bond donors (Lipinski definition) is 1. The van der Waals surface area contributed by atoms with Crippen molar-refractivity contribution in [3.63, 3.8) is 0 Å². The van der Waals surface area contributed by atoms with Crippen LogP contribution in [0.25, 0.3) is 0 Å². The molecule has 25 heavy (non-hydrogen) atoms. The van der Waals surface area contributed by atoms with Gasteiger partial charge in [-0.25, -0.2) is 0 Å². The van der Waals surface area contributed by atoms with E-state index in [-0.39, 0.29) is 0 Å². The summed E-state index contributed by atoms with van der Waals surface area (Å²) in [6, 6.07) is 10.7. The van der Waals surface area contributed by atoms with E-state index in [1.165, 1.54) is 24.9 Å². The number of ether oxygens (including phenoxy) is 2. The summed E-state index contributed by atoms with van der Waals surface area (Å²) in [4.78, 5) is 6.45. The van der Waals surface area contributed by atoms with Gasteiger partial charge < -0.3 is 19.7 Å². The summed E-state index contributed by atoms with van der Waals surface area (Å²) >= 11 is 0. The molecule has 1 aliphatic rings. The third-order valence-electron chi connectivity index (χ3n) is 4.75. The Hall–Kier alpha value is -2.11. The van der Waals surface area contributed by atoms with Crippen molar-refractivity contribution in [3.05, 3.63) is 53.9 Å². The van der Waals surface area contributed by atoms with Crippen LogP contribution in [0.1, 0.15) is 24.0 Å². The number of hydrogen-bond acceptors (Lipinski definition) is 5. The van der Waals surface area contributed by atoms with Crippen molar-refractivity contribution in [1.29, 1.82) is 0 Å². The predicted octanol–water partition coefficient (Wildman–Crippen LogP) is 2.85. The second kappa shape index (κ2) is 8.83. The minimum atomic E-state index is 0.504. The van der Waals surface area contributed by atoms with Crippen LogP contribution in [0.15, 0.2) is 42.7 Å². The van der Waals surface area contributed by atoms with Crippen LogP contribution in [0.2, 0.25) is 0 Å². The molecule has 1 aromatic carbocycles. The maximum atomic E-state index is 5.89. The lowest BCUT2D eigenvalue weighted by Gasteiger charge is -2.20. The summed E-state index contributed by atoms with van der Waals surface area (Å²) < 4.78 is 11.4. The van der Waals surface area contributed by atoms with Crippen LogP contribution in [0, 0.1) is 0 Å². The van der Waals surface area contributed by atoms with E-state index in [0.717, 1.165) is 30.2 Å². The third kappa shape index (κ3) is 4.94. The molecule has 1 aliphatic heterocycles. The SMILES string of the molecule is COc1cc(CNC[C@H]2CCCN2C)ccc1OCc1ccncc1. The molecule has 0 aliphatic carbocycles. The maximum Gasteiger partial charge on any atom is 0.161 e. The van der Waals surface area contributed by atoms with E-state index in [9.17, 15) is 0 Å². The van der Waals surface area contributed by atoms with Crippen LogP contribution >= 0.6 is 0 Å². The predicted molar refractivity (Wildman–Crippen MR) is 98.9 cm³/mol. The van der Waals surface area contributed by atoms with Gasteiger partial charge in [-0.3, -0.25) is 4.98 Å². The lowest BCUT2D eigenvalue weighted by Crippen LogP contribution is -2.35. The number of likely N-dealkylation sites (tertiary alicyclic amines) is 1. The topological polar surface area (TPSA) is 46.6 Å². The molecular formula is C20H27N3O2. The fourth-order valence-electron chi connectivity index (χ4n) is 3.20. The zero-order valence-electron chi connectivity index (χ0n) is 15.1. The average molecular weight is 341 g/mol. The smallest absolute Gasteiger partial charge is 0.161 e. The van der Waals surface area contributed by atoms with Crippen LogP contribution in [-0.4, -0.2) is 43.2 Å². The molecule has 0 amide bonds. The highest BCUT2D eigenvalue weighted by Crippen LogP contribution is 2.28. The number of benzene rings is 1. The summed E-state index contributed by atoms with van der Waals surface area (Å²) in [5.41, 5.74) is 2.29. The van der Waals surface area contributed by atoms with E-state index < -0.39 is 0 Å². The highest BCUT2D eigenvalue weighted by atomic mass is 16.5. The van der Waals surface area contributed by atoms with Crippen LogP contribution in [0.3, 0.4) is 0 Å². The maximum absolute atomic E-state index is 5.89. The van der Waals surface area contributed by atoms with Gasteiger partial charge in [-0.15, -0.1) is 0 Å². The Labute approximate surface area is 150 Å². The van der Waals surface area contributed by atoms with Crippen molar-refractivity contribution < 1.29 is 9.47 Å². The minimum Gasteiger partial charge on any atom is -0.493 e. The molecule has 1 atom stereocenters. The molecule has 1 aromatic heterocycles. The van der Waals surface area contributed by atoms with Gasteiger partial charge in [0, 0.05) is 31.5 Å². The van der Waals surface area contributed by atoms with Crippen molar-refractivity contribution in [2.24, 2.45) is 0 Å². The molecule has 1 fully saturated rings. The van der Waals surface area contributed by atoms with Crippen molar-refractivity contribution in [3.8, 4) is 11.5 Å². The van der Waals surface area contributed by atoms with Gasteiger partial charge in [0.1, 0.15) is 6.61 Å². The van der Waals surface area contributed by atoms with E-state index in [2.05, 4.69) is 28.3 Å². The fraction of sp³-hybridized carbons (Fsp3) is 0.450. The van der Waals surface area contributed by atoms with Crippen molar-refractivity contribution in [2.45, 2.75) is 32.0 Å². The normalized spacial score (nSPS) is 17.6. The van der Waals surface area contributed by atoms with Crippen LogP contribution < -0.4 is 14.8 Å².